The van der Waals surface area contributed by atoms with Crippen LogP contribution in [0.15, 0.2) is 146 Å². The first-order valence-corrected chi connectivity index (χ1v) is 42.7. The number of nitrogens with one attached hydrogen (secondary N) is 12. The lowest BCUT2D eigenvalue weighted by atomic mass is 10.1. The molecule has 0 spiro atoms. The van der Waals surface area contributed by atoms with E-state index in [-0.39, 0.29) is 63.0 Å². The van der Waals surface area contributed by atoms with Crippen LogP contribution in [0, 0.1) is 0 Å². The number of aryl methyl sites for hydroxylation is 3. The van der Waals surface area contributed by atoms with E-state index in [2.05, 4.69) is 15.0 Å². The molecule has 12 N–H and O–H groups in total. The zero-order valence-corrected chi connectivity index (χ0v) is 69.0. The summed E-state index contributed by atoms with van der Waals surface area (Å²) < 4.78 is 740. The molecule has 0 aliphatic rings. The zero-order chi connectivity index (χ0) is 153. The fourth-order valence-corrected chi connectivity index (χ4v) is 12.6. The molecule has 6 heterocycles. The lowest BCUT2D eigenvalue weighted by Gasteiger charge is -2.08. The second-order valence-corrected chi connectivity index (χ2v) is 34.9. The van der Waals surface area contributed by atoms with Crippen LogP contribution < -0.4 is 28.3 Å². The Kier molecular flexibility index (Phi) is 13.9. The molecule has 12 rings (SSSR count). The lowest BCUT2D eigenvalue weighted by molar-refractivity contribution is 0.414. The van der Waals surface area contributed by atoms with E-state index in [1.165, 1.54) is 33.2 Å². The minimum Gasteiger partial charge on any atom is -0.361 e. The van der Waals surface area contributed by atoms with Crippen molar-refractivity contribution in [3.63, 3.8) is 0 Å². The summed E-state index contributed by atoms with van der Waals surface area (Å²) in [4.78, 5) is 10.4. The zero-order valence-electron chi connectivity index (χ0n) is 139. The molecule has 12 aromatic rings. The molecule has 0 radical (unpaired) electrons. The maximum absolute atomic E-state index is 12.3. The van der Waals surface area contributed by atoms with Crippen LogP contribution in [0.2, 0.25) is 8.47 Å². The first-order valence-electron chi connectivity index (χ1n) is 70.1. The summed E-state index contributed by atoms with van der Waals surface area (Å²) in [5.74, 6) is -6.68. The Morgan fingerprint density at radius 2 is 0.550 bits per heavy atom. The van der Waals surface area contributed by atoms with Crippen molar-refractivity contribution in [3.05, 3.63) is 213 Å². The minimum atomic E-state index is -4.76. The number of H-pyrrole nitrogens is 6. The molecule has 120 heavy (non-hydrogen) atoms. The van der Waals surface area contributed by atoms with Gasteiger partial charge in [-0.3, -0.25) is 0 Å². The van der Waals surface area contributed by atoms with Crippen LogP contribution >= 0.6 is 0 Å². The van der Waals surface area contributed by atoms with Gasteiger partial charge in [0.15, 0.2) is 4.24 Å². The maximum atomic E-state index is 12.3. The number of aromatic amines is 6. The fourth-order valence-electron chi connectivity index (χ4n) is 8.88. The molecular formula is C84H126N18O12S6. The van der Waals surface area contributed by atoms with Gasteiger partial charge < -0.3 is 59.3 Å². The molecule has 36 heteroatoms. The third kappa shape index (κ3) is 31.9. The predicted molar refractivity (Wildman–Crippen MR) is 493 cm³/mol. The molecule has 0 saturated heterocycles. The van der Waals surface area contributed by atoms with Gasteiger partial charge in [0.05, 0.1) is 67.4 Å². The van der Waals surface area contributed by atoms with Gasteiger partial charge in [-0.05, 0) is 304 Å². The lowest BCUT2D eigenvalue weighted by Crippen LogP contribution is -2.20. The van der Waals surface area contributed by atoms with E-state index < -0.39 is 484 Å². The highest BCUT2D eigenvalue weighted by molar-refractivity contribution is 7.90. The molecule has 0 fully saturated rings. The van der Waals surface area contributed by atoms with Crippen LogP contribution in [0.25, 0.3) is 65.4 Å². The van der Waals surface area contributed by atoms with Crippen LogP contribution in [0.5, 0.6) is 0 Å². The number of aromatic nitrogens is 6. The smallest absolute Gasteiger partial charge is 0.215 e. The van der Waals surface area contributed by atoms with Crippen LogP contribution in [-0.4, -0.2) is 275 Å². The molecule has 660 valence electrons. The Morgan fingerprint density at radius 1 is 0.308 bits per heavy atom. The predicted octanol–water partition coefficient (Wildman–Crippen LogP) is 7.93. The van der Waals surface area contributed by atoms with Crippen LogP contribution in [0.1, 0.15) is 161 Å². The first-order chi connectivity index (χ1) is 86.4. The largest absolute Gasteiger partial charge is 0.361 e. The molecule has 0 aliphatic carbocycles. The second kappa shape index (κ2) is 45.2. The Morgan fingerprint density at radius 3 is 0.817 bits per heavy atom. The van der Waals surface area contributed by atoms with Crippen LogP contribution in [0.4, 0.5) is 0 Å². The number of likely N-dealkylation sites (N-methyl/N-ethyl adjacent to an activating group) is 6. The molecule has 6 aromatic heterocycles. The topological polar surface area (TPSA) is 391 Å². The third-order valence-electron chi connectivity index (χ3n) is 14.2. The van der Waals surface area contributed by atoms with Gasteiger partial charge in [-0.25, -0.2) is 78.8 Å². The fraction of sp³-hybridized carbons (Fsp3) is 0.429. The standard InChI is InChI=1S/6C14H21N3O2S/c6*1-15-20(18,19)10-11-4-5-14-13(8-11)12(9-16-14)6-7-17(2)3/h6*4-5,8-9,15-16H,6-7,10H2,1-3H3/i1D3,2D3,3D3,4D,5D,6D2,7D2,8D,9D;1D3,2D3,4D,5D,6D2,7D2,8D,9D;2D3,3D3,4D,5D,6D2,8D,9D;1D3,4D,5D,6D2,7D2,8D,9D;2D3,4D,5D,6D2,8D,9D;4D,5D,6D2,8D,9D/hD6. The average Bonchev–Trinajstić information content (AvgIpc) is 1.55. The Bertz CT molecular complexity index is 9840. The van der Waals surface area contributed by atoms with E-state index in [1.807, 2.05) is 0 Å². The molecule has 0 unspecified atom stereocenters. The number of rotatable bonds is 36. The van der Waals surface area contributed by atoms with Gasteiger partial charge in [-0.2, -0.15) is 0 Å². The van der Waals surface area contributed by atoms with E-state index in [0.717, 1.165) is 40.1 Å². The minimum absolute atomic E-state index is 0.0794. The molecular weight excluding hydrogens is 1650 g/mol. The van der Waals surface area contributed by atoms with Gasteiger partial charge in [0, 0.05) is 203 Å². The highest BCUT2D eigenvalue weighted by Gasteiger charge is 2.19. The Balaban J connectivity index is 0.000000311. The number of benzene rings is 6. The summed E-state index contributed by atoms with van der Waals surface area (Å²) in [6.07, 6.45) is -22.3. The summed E-state index contributed by atoms with van der Waals surface area (Å²) in [6, 6.07) is -13.3. The van der Waals surface area contributed by atoms with Crippen molar-refractivity contribution in [2.45, 2.75) is 72.8 Å². The summed E-state index contributed by atoms with van der Waals surface area (Å²) >= 11 is 0. The van der Waals surface area contributed by atoms with Gasteiger partial charge in [-0.15, -0.1) is 0 Å². The monoisotopic (exact) mass is 1850 g/mol. The van der Waals surface area contributed by atoms with Gasteiger partial charge in [0.2, 0.25) is 60.1 Å². The van der Waals surface area contributed by atoms with Crippen molar-refractivity contribution in [2.75, 3.05) is 165 Å². The summed E-state index contributed by atoms with van der Waals surface area (Å²) in [6.45, 7) is -41.2. The van der Waals surface area contributed by atoms with E-state index >= 15 is 0 Å². The molecule has 6 aromatic carbocycles. The second-order valence-electron chi connectivity index (χ2n) is 24.2. The van der Waals surface area contributed by atoms with Gasteiger partial charge in [0.25, 0.3) is 0 Å². The number of hydrogen-bond acceptors (Lipinski definition) is 18. The molecule has 0 saturated carbocycles. The number of hydrogen-bond donors (Lipinski definition) is 12. The Hall–Kier alpha value is -8.22. The van der Waals surface area contributed by atoms with Crippen molar-refractivity contribution >= 4 is 126 Å². The van der Waals surface area contributed by atoms with E-state index in [0.29, 0.717) is 14.9 Å². The highest BCUT2D eigenvalue weighted by Crippen LogP contribution is 2.28. The molecule has 0 aliphatic heterocycles. The molecule has 0 atom stereocenters. The van der Waals surface area contributed by atoms with Crippen molar-refractivity contribution in [1.82, 2.24) is 87.6 Å². The molecule has 30 nitrogen and oxygen atoms in total. The van der Waals surface area contributed by atoms with Crippen LogP contribution in [-0.2, 0) is 133 Å². The maximum Gasteiger partial charge on any atom is 0.215 e. The van der Waals surface area contributed by atoms with Gasteiger partial charge in [0.1, 0.15) is 4.24 Å². The quantitative estimate of drug-likeness (QED) is 0.0177. The summed E-state index contributed by atoms with van der Waals surface area (Å²) in [5.41, 5.74) is -10.3. The van der Waals surface area contributed by atoms with E-state index in [4.69, 9.17) is 103 Å². The number of nitrogens with zero attached hydrogens (tertiary/aromatic N) is 6. The normalized spacial score (nSPS) is 23.6. The van der Waals surface area contributed by atoms with E-state index in [1.54, 1.807) is 14.1 Å². The van der Waals surface area contributed by atoms with Crippen molar-refractivity contribution in [1.29, 1.82) is 0 Å². The SMILES string of the molecule is [2H]c1[nH]c2c([2H])c([2H])c(CS(=O)(=O)NC([2H])([2H])[2H])c([2H])c2c1C([2H])([2H])C([2H])([2H])N(C([2H])([2H])[2H])C([2H])([2H])[2H].[2H]c1[nH]c2c([2H])c([2H])c(CS(=O)(=O)NC([2H])([2H])[2H])c([2H])c2c1C([2H])([2H])C([2H])([2H])N(C)C.[2H]c1[nH]c2c([2H])c([2H])c(CS(=O)(=O)NC([2H])([2H])[2H])c([2H])c2c1C([2H])([2H])C([2H])([2H])N(C)C([2H])([2H])[2H].[2H]c1c(CS(=O)(=O)N([2H])C)c([2H])c2c(C([2H])([2H])CN(C([2H])([2H])[2H])C([2H])([2H])[2H])c([2H])n([2H])c2c1[2H].[2H]c1c(CS(=O)(=O)N([2H])C)c([2H])c2c(C([2H])([2H])CN(C)C([2H])([2H])[2H])c([2H])n([2H])c2c1[2H].[2H]c1c(CS(=O)(=O)N([2H])C)c([2H])c2c(C([2H])([2H])CN(C)C)c([2H])n([2H])c2c1[2H]. The number of sulfonamides is 6. The Labute approximate surface area is 816 Å². The average molecular weight is 1850 g/mol. The van der Waals surface area contributed by atoms with Crippen molar-refractivity contribution in [3.8, 4) is 0 Å². The van der Waals surface area contributed by atoms with Gasteiger partial charge in [-0.1, -0.05) is 36.3 Å². The molecule has 0 bridgehead atoms. The number of fused-ring (bicyclic) bond motifs is 6. The van der Waals surface area contributed by atoms with Crippen molar-refractivity contribution in [2.24, 2.45) is 0 Å². The van der Waals surface area contributed by atoms with Gasteiger partial charge >= 0.3 is 0 Å². The van der Waals surface area contributed by atoms with Crippen molar-refractivity contribution < 1.29 is 154 Å². The third-order valence-corrected chi connectivity index (χ3v) is 20.8. The summed E-state index contributed by atoms with van der Waals surface area (Å²) in [5, 5.41) is -3.04. The van der Waals surface area contributed by atoms with E-state index in [9.17, 15) is 50.5 Å². The summed E-state index contributed by atoms with van der Waals surface area (Å²) in [7, 11) is -16.3. The van der Waals surface area contributed by atoms with Crippen LogP contribution in [0.3, 0.4) is 0 Å². The highest BCUT2D eigenvalue weighted by atomic mass is 32.2. The molecule has 0 amide bonds. The first kappa shape index (κ1) is 36.9.